The molecule has 3 rings (SSSR count). The molecule has 0 radical (unpaired) electrons. The number of nitrogens with zero attached hydrogens (tertiary/aromatic N) is 1. The molecule has 0 N–H and O–H groups in total. The van der Waals surface area contributed by atoms with Crippen molar-refractivity contribution in [1.82, 2.24) is 4.90 Å². The van der Waals surface area contributed by atoms with Crippen molar-refractivity contribution in [2.75, 3.05) is 18.4 Å². The van der Waals surface area contributed by atoms with Gasteiger partial charge in [0, 0.05) is 36.4 Å². The molecule has 0 saturated heterocycles. The lowest BCUT2D eigenvalue weighted by atomic mass is 10.1. The smallest absolute Gasteiger partial charge is 0.123 e. The largest absolute Gasteiger partial charge is 0.488 e. The molecule has 2 aliphatic rings. The molecule has 0 amide bonds. The summed E-state index contributed by atoms with van der Waals surface area (Å²) in [6, 6.07) is 5.56. The van der Waals surface area contributed by atoms with E-state index in [0.717, 1.165) is 42.2 Å². The van der Waals surface area contributed by atoms with Crippen LogP contribution in [0.3, 0.4) is 0 Å². The first-order chi connectivity index (χ1) is 8.76. The second-order valence-corrected chi connectivity index (χ2v) is 5.90. The lowest BCUT2D eigenvalue weighted by molar-refractivity contribution is 0.150. The van der Waals surface area contributed by atoms with Gasteiger partial charge in [-0.1, -0.05) is 15.9 Å². The average Bonchev–Trinajstić information content (AvgIpc) is 3.10. The Labute approximate surface area is 115 Å². The maximum Gasteiger partial charge on any atom is 0.123 e. The number of ether oxygens (including phenoxy) is 1. The molecule has 1 aliphatic carbocycles. The van der Waals surface area contributed by atoms with Crippen LogP contribution < -0.4 is 4.74 Å². The second-order valence-electron chi connectivity index (χ2n) is 5.11. The Kier molecular flexibility index (Phi) is 3.57. The monoisotopic (exact) mass is 313 g/mol. The van der Waals surface area contributed by atoms with Gasteiger partial charge in [0.1, 0.15) is 17.7 Å². The van der Waals surface area contributed by atoms with E-state index < -0.39 is 0 Å². The number of fused-ring (bicyclic) bond motifs is 1. The molecule has 1 unspecified atom stereocenters. The third-order valence-electron chi connectivity index (χ3n) is 3.64. The van der Waals surface area contributed by atoms with Gasteiger partial charge in [0.25, 0.3) is 0 Å². The van der Waals surface area contributed by atoms with Crippen molar-refractivity contribution in [3.63, 3.8) is 0 Å². The number of alkyl halides is 1. The van der Waals surface area contributed by atoms with Crippen LogP contribution in [0.4, 0.5) is 4.39 Å². The van der Waals surface area contributed by atoms with Crippen LogP contribution in [0.1, 0.15) is 18.4 Å². The standard InChI is InChI=1S/C14H17BrFNO/c15-5-6-17(12-2-3-12)9-13-8-10-7-11(16)1-4-14(10)18-13/h1,4,7,12-13H,2-3,5-6,8-9H2. The van der Waals surface area contributed by atoms with Gasteiger partial charge in [-0.25, -0.2) is 4.39 Å². The van der Waals surface area contributed by atoms with Crippen LogP contribution in [0.2, 0.25) is 0 Å². The quantitative estimate of drug-likeness (QED) is 0.775. The van der Waals surface area contributed by atoms with Crippen molar-refractivity contribution in [1.29, 1.82) is 0 Å². The highest BCUT2D eigenvalue weighted by atomic mass is 79.9. The van der Waals surface area contributed by atoms with E-state index in [9.17, 15) is 4.39 Å². The highest BCUT2D eigenvalue weighted by Gasteiger charge is 2.32. The predicted molar refractivity (Wildman–Crippen MR) is 72.9 cm³/mol. The molecular formula is C14H17BrFNO. The summed E-state index contributed by atoms with van der Waals surface area (Å²) in [4.78, 5) is 2.49. The zero-order chi connectivity index (χ0) is 12.5. The molecule has 2 nitrogen and oxygen atoms in total. The van der Waals surface area contributed by atoms with Gasteiger partial charge in [-0.15, -0.1) is 0 Å². The number of halogens is 2. The lowest BCUT2D eigenvalue weighted by Crippen LogP contribution is -2.37. The highest BCUT2D eigenvalue weighted by Crippen LogP contribution is 2.32. The number of rotatable bonds is 5. The van der Waals surface area contributed by atoms with Gasteiger partial charge < -0.3 is 4.74 Å². The summed E-state index contributed by atoms with van der Waals surface area (Å²) in [6.45, 7) is 2.02. The summed E-state index contributed by atoms with van der Waals surface area (Å²) in [7, 11) is 0. The summed E-state index contributed by atoms with van der Waals surface area (Å²) >= 11 is 3.50. The van der Waals surface area contributed by atoms with E-state index >= 15 is 0 Å². The van der Waals surface area contributed by atoms with E-state index in [4.69, 9.17) is 4.74 Å². The third kappa shape index (κ3) is 2.69. The van der Waals surface area contributed by atoms with Crippen LogP contribution in [0.5, 0.6) is 5.75 Å². The molecule has 1 saturated carbocycles. The summed E-state index contributed by atoms with van der Waals surface area (Å²) in [6.07, 6.45) is 3.63. The predicted octanol–water partition coefficient (Wildman–Crippen LogP) is 2.99. The first-order valence-electron chi connectivity index (χ1n) is 6.51. The molecular weight excluding hydrogens is 297 g/mol. The van der Waals surface area contributed by atoms with E-state index in [0.29, 0.717) is 0 Å². The van der Waals surface area contributed by atoms with Crippen molar-refractivity contribution >= 4 is 15.9 Å². The van der Waals surface area contributed by atoms with Crippen molar-refractivity contribution in [2.24, 2.45) is 0 Å². The molecule has 1 heterocycles. The Hall–Kier alpha value is -0.610. The Morgan fingerprint density at radius 2 is 2.22 bits per heavy atom. The van der Waals surface area contributed by atoms with Crippen molar-refractivity contribution in [3.05, 3.63) is 29.6 Å². The molecule has 1 aromatic rings. The fourth-order valence-corrected chi connectivity index (χ4v) is 3.08. The fourth-order valence-electron chi connectivity index (χ4n) is 2.62. The zero-order valence-corrected chi connectivity index (χ0v) is 11.8. The summed E-state index contributed by atoms with van der Waals surface area (Å²) in [5.74, 6) is 0.688. The second kappa shape index (κ2) is 5.17. The molecule has 1 aromatic carbocycles. The van der Waals surface area contributed by atoms with Crippen molar-refractivity contribution < 1.29 is 9.13 Å². The van der Waals surface area contributed by atoms with E-state index in [2.05, 4.69) is 20.8 Å². The maximum atomic E-state index is 13.1. The van der Waals surface area contributed by atoms with Crippen LogP contribution >= 0.6 is 15.9 Å². The van der Waals surface area contributed by atoms with Gasteiger partial charge in [0.05, 0.1) is 0 Å². The van der Waals surface area contributed by atoms with Gasteiger partial charge >= 0.3 is 0 Å². The molecule has 0 spiro atoms. The Morgan fingerprint density at radius 3 is 2.94 bits per heavy atom. The molecule has 1 aliphatic heterocycles. The summed E-state index contributed by atoms with van der Waals surface area (Å²) in [5, 5.41) is 0.998. The van der Waals surface area contributed by atoms with E-state index in [1.165, 1.54) is 18.9 Å². The molecule has 1 fully saturated rings. The average molecular weight is 314 g/mol. The molecule has 1 atom stereocenters. The minimum absolute atomic E-state index is 0.169. The fraction of sp³-hybridized carbons (Fsp3) is 0.571. The molecule has 4 heteroatoms. The van der Waals surface area contributed by atoms with Crippen LogP contribution in [0.25, 0.3) is 0 Å². The zero-order valence-electron chi connectivity index (χ0n) is 10.2. The molecule has 0 aromatic heterocycles. The van der Waals surface area contributed by atoms with Crippen LogP contribution in [-0.2, 0) is 6.42 Å². The first-order valence-corrected chi connectivity index (χ1v) is 7.63. The summed E-state index contributed by atoms with van der Waals surface area (Å²) < 4.78 is 19.0. The molecule has 98 valence electrons. The van der Waals surface area contributed by atoms with Gasteiger partial charge in [-0.2, -0.15) is 0 Å². The van der Waals surface area contributed by atoms with Crippen LogP contribution in [0, 0.1) is 5.82 Å². The van der Waals surface area contributed by atoms with E-state index in [1.807, 2.05) is 0 Å². The van der Waals surface area contributed by atoms with Gasteiger partial charge in [-0.05, 0) is 31.0 Å². The lowest BCUT2D eigenvalue weighted by Gasteiger charge is -2.24. The third-order valence-corrected chi connectivity index (χ3v) is 3.99. The Bertz CT molecular complexity index is 436. The minimum Gasteiger partial charge on any atom is -0.488 e. The van der Waals surface area contributed by atoms with Crippen LogP contribution in [-0.4, -0.2) is 35.5 Å². The highest BCUT2D eigenvalue weighted by molar-refractivity contribution is 9.09. The first kappa shape index (κ1) is 12.4. The number of benzene rings is 1. The van der Waals surface area contributed by atoms with Gasteiger partial charge in [-0.3, -0.25) is 4.90 Å². The minimum atomic E-state index is -0.169. The van der Waals surface area contributed by atoms with E-state index in [-0.39, 0.29) is 11.9 Å². The Balaban J connectivity index is 1.62. The van der Waals surface area contributed by atoms with E-state index in [1.54, 1.807) is 12.1 Å². The number of hydrogen-bond donors (Lipinski definition) is 0. The molecule has 0 bridgehead atoms. The SMILES string of the molecule is Fc1ccc2c(c1)CC(CN(CCBr)C1CC1)O2. The normalized spacial score (nSPS) is 22.1. The van der Waals surface area contributed by atoms with Crippen LogP contribution in [0.15, 0.2) is 18.2 Å². The number of hydrogen-bond acceptors (Lipinski definition) is 2. The van der Waals surface area contributed by atoms with Gasteiger partial charge in [0.15, 0.2) is 0 Å². The topological polar surface area (TPSA) is 12.5 Å². The van der Waals surface area contributed by atoms with Crippen molar-refractivity contribution in [2.45, 2.75) is 31.4 Å². The maximum absolute atomic E-state index is 13.1. The van der Waals surface area contributed by atoms with Crippen molar-refractivity contribution in [3.8, 4) is 5.75 Å². The molecule has 18 heavy (non-hydrogen) atoms. The van der Waals surface area contributed by atoms with Gasteiger partial charge in [0.2, 0.25) is 0 Å². The summed E-state index contributed by atoms with van der Waals surface area (Å²) in [5.41, 5.74) is 1.01. The Morgan fingerprint density at radius 1 is 1.39 bits per heavy atom.